The van der Waals surface area contributed by atoms with Gasteiger partial charge in [0.05, 0.1) is 0 Å². The van der Waals surface area contributed by atoms with E-state index in [2.05, 4.69) is 37.8 Å². The summed E-state index contributed by atoms with van der Waals surface area (Å²) in [6, 6.07) is 0. The van der Waals surface area contributed by atoms with Gasteiger partial charge in [-0.15, -0.1) is 0 Å². The third-order valence-electron chi connectivity index (χ3n) is 1.91. The Labute approximate surface area is 88.1 Å². The van der Waals surface area contributed by atoms with Gasteiger partial charge >= 0.3 is 0 Å². The van der Waals surface area contributed by atoms with Gasteiger partial charge in [-0.3, -0.25) is 0 Å². The number of hydrogen-bond acceptors (Lipinski definition) is 2. The van der Waals surface area contributed by atoms with E-state index >= 15 is 0 Å². The summed E-state index contributed by atoms with van der Waals surface area (Å²) in [5.74, 6) is 3.44. The van der Waals surface area contributed by atoms with Crippen LogP contribution in [0.25, 0.3) is 0 Å². The van der Waals surface area contributed by atoms with Crippen LogP contribution >= 0.6 is 11.8 Å². The Bertz CT molecular complexity index is 94.1. The fourth-order valence-corrected chi connectivity index (χ4v) is 1.93. The second-order valence-corrected chi connectivity index (χ2v) is 5.12. The van der Waals surface area contributed by atoms with Crippen LogP contribution in [-0.4, -0.2) is 24.6 Å². The average Bonchev–Trinajstić information content (AvgIpc) is 2.09. The first-order valence-electron chi connectivity index (χ1n) is 5.55. The minimum absolute atomic E-state index is 0.858. The van der Waals surface area contributed by atoms with Gasteiger partial charge in [0, 0.05) is 12.3 Å². The van der Waals surface area contributed by atoms with Crippen molar-refractivity contribution in [1.29, 1.82) is 0 Å². The first-order chi connectivity index (χ1) is 6.27. The summed E-state index contributed by atoms with van der Waals surface area (Å²) in [4.78, 5) is 0. The highest BCUT2D eigenvalue weighted by molar-refractivity contribution is 7.99. The molecule has 0 aromatic rings. The Balaban J connectivity index is 2.84. The summed E-state index contributed by atoms with van der Waals surface area (Å²) in [5.41, 5.74) is 0. The zero-order valence-corrected chi connectivity index (χ0v) is 10.3. The summed E-state index contributed by atoms with van der Waals surface area (Å²) in [7, 11) is 0. The molecule has 0 saturated carbocycles. The van der Waals surface area contributed by atoms with Crippen LogP contribution in [0.1, 0.15) is 40.0 Å². The molecule has 0 amide bonds. The van der Waals surface area contributed by atoms with E-state index in [0.29, 0.717) is 0 Å². The third kappa shape index (κ3) is 12.3. The van der Waals surface area contributed by atoms with Crippen LogP contribution < -0.4 is 5.32 Å². The summed E-state index contributed by atoms with van der Waals surface area (Å²) in [6.45, 7) is 9.20. The molecular weight excluding hydrogens is 178 g/mol. The van der Waals surface area contributed by atoms with Crippen molar-refractivity contribution in [2.45, 2.75) is 40.0 Å². The van der Waals surface area contributed by atoms with Gasteiger partial charge in [-0.05, 0) is 37.5 Å². The lowest BCUT2D eigenvalue weighted by Gasteiger charge is -2.05. The molecule has 0 aromatic carbocycles. The topological polar surface area (TPSA) is 12.0 Å². The zero-order chi connectivity index (χ0) is 9.94. The predicted molar refractivity (Wildman–Crippen MR) is 64.6 cm³/mol. The number of thioether (sulfide) groups is 1. The smallest absolute Gasteiger partial charge is 0.00580 e. The Morgan fingerprint density at radius 3 is 2.54 bits per heavy atom. The molecule has 0 atom stereocenters. The van der Waals surface area contributed by atoms with E-state index in [1.165, 1.54) is 43.9 Å². The van der Waals surface area contributed by atoms with Crippen molar-refractivity contribution in [2.24, 2.45) is 5.92 Å². The minimum Gasteiger partial charge on any atom is -0.316 e. The fourth-order valence-electron chi connectivity index (χ4n) is 1.15. The lowest BCUT2D eigenvalue weighted by molar-refractivity contribution is 0.534. The fraction of sp³-hybridized carbons (Fsp3) is 1.00. The number of rotatable bonds is 9. The maximum absolute atomic E-state index is 3.48. The van der Waals surface area contributed by atoms with Crippen LogP contribution in [0.5, 0.6) is 0 Å². The molecule has 0 aliphatic rings. The van der Waals surface area contributed by atoms with E-state index < -0.39 is 0 Å². The Morgan fingerprint density at radius 2 is 1.92 bits per heavy atom. The van der Waals surface area contributed by atoms with Crippen LogP contribution in [0.4, 0.5) is 0 Å². The van der Waals surface area contributed by atoms with Gasteiger partial charge in [0.15, 0.2) is 0 Å². The molecule has 1 nitrogen and oxygen atoms in total. The molecule has 0 saturated heterocycles. The average molecular weight is 203 g/mol. The zero-order valence-electron chi connectivity index (χ0n) is 9.44. The lowest BCUT2D eigenvalue weighted by atomic mass is 10.1. The molecule has 0 fully saturated rings. The molecule has 80 valence electrons. The van der Waals surface area contributed by atoms with Crippen molar-refractivity contribution in [3.8, 4) is 0 Å². The Kier molecular flexibility index (Phi) is 10.6. The predicted octanol–water partition coefficient (Wildman–Crippen LogP) is 3.16. The van der Waals surface area contributed by atoms with Crippen LogP contribution in [0.15, 0.2) is 0 Å². The summed E-state index contributed by atoms with van der Waals surface area (Å²) in [6.07, 6.45) is 3.99. The number of nitrogens with one attached hydrogen (secondary N) is 1. The van der Waals surface area contributed by atoms with E-state index in [4.69, 9.17) is 0 Å². The third-order valence-corrected chi connectivity index (χ3v) is 3.10. The first-order valence-corrected chi connectivity index (χ1v) is 6.71. The molecule has 0 unspecified atom stereocenters. The highest BCUT2D eigenvalue weighted by Gasteiger charge is 1.93. The van der Waals surface area contributed by atoms with Gasteiger partial charge < -0.3 is 5.32 Å². The molecule has 0 radical (unpaired) electrons. The maximum Gasteiger partial charge on any atom is 0.00580 e. The quantitative estimate of drug-likeness (QED) is 0.578. The standard InChI is InChI=1S/C11H25NS/c1-4-9-13-10-8-12-7-5-6-11(2)3/h11-12H,4-10H2,1-3H3. The van der Waals surface area contributed by atoms with Gasteiger partial charge in [-0.1, -0.05) is 20.8 Å². The van der Waals surface area contributed by atoms with E-state index in [-0.39, 0.29) is 0 Å². The van der Waals surface area contributed by atoms with Crippen molar-refractivity contribution < 1.29 is 0 Å². The van der Waals surface area contributed by atoms with E-state index in [1.54, 1.807) is 0 Å². The normalized spacial score (nSPS) is 11.1. The SMILES string of the molecule is CCCSCCNCCCC(C)C. The Morgan fingerprint density at radius 1 is 1.15 bits per heavy atom. The highest BCUT2D eigenvalue weighted by atomic mass is 32.2. The summed E-state index contributed by atoms with van der Waals surface area (Å²) in [5, 5.41) is 3.48. The second kappa shape index (κ2) is 10.4. The Hall–Kier alpha value is 0.310. The molecule has 0 aliphatic carbocycles. The first kappa shape index (κ1) is 13.3. The molecule has 2 heteroatoms. The highest BCUT2D eigenvalue weighted by Crippen LogP contribution is 2.02. The van der Waals surface area contributed by atoms with Gasteiger partial charge in [0.25, 0.3) is 0 Å². The summed E-state index contributed by atoms with van der Waals surface area (Å²) >= 11 is 2.06. The van der Waals surface area contributed by atoms with Crippen molar-refractivity contribution >= 4 is 11.8 Å². The van der Waals surface area contributed by atoms with Gasteiger partial charge in [-0.2, -0.15) is 11.8 Å². The number of hydrogen-bond donors (Lipinski definition) is 1. The van der Waals surface area contributed by atoms with Crippen LogP contribution in [0.3, 0.4) is 0 Å². The van der Waals surface area contributed by atoms with Gasteiger partial charge in [-0.25, -0.2) is 0 Å². The molecule has 0 bridgehead atoms. The second-order valence-electron chi connectivity index (χ2n) is 3.90. The van der Waals surface area contributed by atoms with Crippen molar-refractivity contribution in [1.82, 2.24) is 5.32 Å². The van der Waals surface area contributed by atoms with Crippen LogP contribution in [0, 0.1) is 5.92 Å². The van der Waals surface area contributed by atoms with Crippen molar-refractivity contribution in [3.05, 3.63) is 0 Å². The molecule has 13 heavy (non-hydrogen) atoms. The molecule has 0 aliphatic heterocycles. The van der Waals surface area contributed by atoms with Crippen molar-refractivity contribution in [2.75, 3.05) is 24.6 Å². The minimum atomic E-state index is 0.858. The monoisotopic (exact) mass is 203 g/mol. The molecule has 0 aromatic heterocycles. The molecular formula is C11H25NS. The molecule has 0 spiro atoms. The molecule has 1 N–H and O–H groups in total. The van der Waals surface area contributed by atoms with Crippen LogP contribution in [0.2, 0.25) is 0 Å². The van der Waals surface area contributed by atoms with E-state index in [9.17, 15) is 0 Å². The van der Waals surface area contributed by atoms with E-state index in [0.717, 1.165) is 5.92 Å². The lowest BCUT2D eigenvalue weighted by Crippen LogP contribution is -2.18. The van der Waals surface area contributed by atoms with Gasteiger partial charge in [0.2, 0.25) is 0 Å². The van der Waals surface area contributed by atoms with E-state index in [1.807, 2.05) is 0 Å². The maximum atomic E-state index is 3.48. The summed E-state index contributed by atoms with van der Waals surface area (Å²) < 4.78 is 0. The molecule has 0 heterocycles. The van der Waals surface area contributed by atoms with Crippen LogP contribution in [-0.2, 0) is 0 Å². The van der Waals surface area contributed by atoms with Gasteiger partial charge in [0.1, 0.15) is 0 Å². The van der Waals surface area contributed by atoms with Crippen molar-refractivity contribution in [3.63, 3.8) is 0 Å². The molecule has 0 rings (SSSR count). The largest absolute Gasteiger partial charge is 0.316 e.